The number of anilines is 1. The predicted molar refractivity (Wildman–Crippen MR) is 72.0 cm³/mol. The zero-order chi connectivity index (χ0) is 13.0. The minimum atomic E-state index is 0.182. The summed E-state index contributed by atoms with van der Waals surface area (Å²) in [4.78, 5) is 8.14. The van der Waals surface area contributed by atoms with E-state index in [1.165, 1.54) is 20.0 Å². The van der Waals surface area contributed by atoms with Crippen LogP contribution in [0.3, 0.4) is 0 Å². The van der Waals surface area contributed by atoms with E-state index in [1.807, 2.05) is 0 Å². The molecule has 0 atom stereocenters. The number of nitrogens with one attached hydrogen (secondary N) is 1. The van der Waals surface area contributed by atoms with Gasteiger partial charge in [0.1, 0.15) is 5.02 Å². The Morgan fingerprint density at radius 3 is 2.83 bits per heavy atom. The van der Waals surface area contributed by atoms with Crippen LogP contribution in [0, 0.1) is 5.41 Å². The van der Waals surface area contributed by atoms with Crippen molar-refractivity contribution in [1.29, 1.82) is 0 Å². The molecule has 1 saturated carbocycles. The largest absolute Gasteiger partial charge is 0.467 e. The number of nitrogens with zero attached hydrogens (tertiary/aromatic N) is 2. The van der Waals surface area contributed by atoms with Crippen LogP contribution in [0.2, 0.25) is 5.02 Å². The summed E-state index contributed by atoms with van der Waals surface area (Å²) in [6, 6.07) is 0.315. The van der Waals surface area contributed by atoms with Gasteiger partial charge in [0.15, 0.2) is 5.82 Å². The fourth-order valence-electron chi connectivity index (χ4n) is 2.42. The normalized spacial score (nSPS) is 17.7. The number of rotatable bonds is 5. The van der Waals surface area contributed by atoms with Gasteiger partial charge in [-0.25, -0.2) is 4.98 Å². The zero-order valence-corrected chi connectivity index (χ0v) is 11.3. The molecular weight excluding hydrogens is 252 g/mol. The summed E-state index contributed by atoms with van der Waals surface area (Å²) in [7, 11) is 1.53. The number of hydrogen-bond acceptors (Lipinski definition) is 5. The zero-order valence-electron chi connectivity index (χ0n) is 10.6. The maximum Gasteiger partial charge on any atom is 0.318 e. The summed E-state index contributed by atoms with van der Waals surface area (Å²) >= 11 is 6.05. The molecule has 3 N–H and O–H groups in total. The van der Waals surface area contributed by atoms with Gasteiger partial charge in [-0.1, -0.05) is 24.4 Å². The topological polar surface area (TPSA) is 73.1 Å². The van der Waals surface area contributed by atoms with Gasteiger partial charge < -0.3 is 15.8 Å². The Kier molecular flexibility index (Phi) is 4.24. The first kappa shape index (κ1) is 13.4. The van der Waals surface area contributed by atoms with Crippen LogP contribution in [0.15, 0.2) is 6.20 Å². The summed E-state index contributed by atoms with van der Waals surface area (Å²) in [5, 5.41) is 3.78. The number of nitrogens with two attached hydrogens (primary N) is 1. The van der Waals surface area contributed by atoms with Gasteiger partial charge in [-0.15, -0.1) is 0 Å². The van der Waals surface area contributed by atoms with E-state index in [0.29, 0.717) is 23.4 Å². The van der Waals surface area contributed by atoms with Crippen molar-refractivity contribution in [3.05, 3.63) is 11.2 Å². The highest BCUT2D eigenvalue weighted by atomic mass is 35.5. The van der Waals surface area contributed by atoms with Crippen LogP contribution in [-0.2, 0) is 0 Å². The van der Waals surface area contributed by atoms with Gasteiger partial charge in [0.2, 0.25) is 0 Å². The van der Waals surface area contributed by atoms with Crippen molar-refractivity contribution < 1.29 is 4.74 Å². The standard InChI is InChI=1S/C12H19ClN4O/c1-18-11-15-6-9(13)10(17-11)16-8-12(7-14)4-2-3-5-12/h6H,2-5,7-8,14H2,1H3,(H,15,16,17). The monoisotopic (exact) mass is 270 g/mol. The number of aromatic nitrogens is 2. The van der Waals surface area contributed by atoms with E-state index in [2.05, 4.69) is 15.3 Å². The van der Waals surface area contributed by atoms with Gasteiger partial charge in [0.25, 0.3) is 0 Å². The summed E-state index contributed by atoms with van der Waals surface area (Å²) in [6.07, 6.45) is 6.37. The summed E-state index contributed by atoms with van der Waals surface area (Å²) in [5.74, 6) is 0.614. The molecule has 0 bridgehead atoms. The van der Waals surface area contributed by atoms with Crippen LogP contribution in [0.4, 0.5) is 5.82 Å². The van der Waals surface area contributed by atoms with Crippen molar-refractivity contribution in [1.82, 2.24) is 9.97 Å². The number of ether oxygens (including phenoxy) is 1. The van der Waals surface area contributed by atoms with Gasteiger partial charge in [0.05, 0.1) is 13.3 Å². The summed E-state index contributed by atoms with van der Waals surface area (Å²) < 4.78 is 4.99. The number of halogens is 1. The van der Waals surface area contributed by atoms with Crippen LogP contribution in [0.1, 0.15) is 25.7 Å². The smallest absolute Gasteiger partial charge is 0.318 e. The quantitative estimate of drug-likeness (QED) is 0.857. The molecule has 0 radical (unpaired) electrons. The molecule has 1 heterocycles. The minimum absolute atomic E-state index is 0.182. The van der Waals surface area contributed by atoms with Crippen molar-refractivity contribution in [3.8, 4) is 6.01 Å². The van der Waals surface area contributed by atoms with E-state index in [0.717, 1.165) is 19.4 Å². The fourth-order valence-corrected chi connectivity index (χ4v) is 2.58. The average Bonchev–Trinajstić information content (AvgIpc) is 2.87. The van der Waals surface area contributed by atoms with Gasteiger partial charge >= 0.3 is 6.01 Å². The van der Waals surface area contributed by atoms with Crippen LogP contribution in [0.5, 0.6) is 6.01 Å². The van der Waals surface area contributed by atoms with Gasteiger partial charge in [-0.3, -0.25) is 0 Å². The lowest BCUT2D eigenvalue weighted by atomic mass is 9.86. The molecule has 0 saturated heterocycles. The molecule has 2 rings (SSSR count). The van der Waals surface area contributed by atoms with Gasteiger partial charge in [-0.2, -0.15) is 4.98 Å². The Labute approximate surface area is 112 Å². The van der Waals surface area contributed by atoms with E-state index in [4.69, 9.17) is 22.1 Å². The third-order valence-electron chi connectivity index (χ3n) is 3.63. The number of hydrogen-bond donors (Lipinski definition) is 2. The first-order valence-electron chi connectivity index (χ1n) is 6.20. The highest BCUT2D eigenvalue weighted by Gasteiger charge is 2.32. The van der Waals surface area contributed by atoms with Crippen LogP contribution >= 0.6 is 11.6 Å². The van der Waals surface area contributed by atoms with Crippen LogP contribution in [-0.4, -0.2) is 30.2 Å². The molecule has 100 valence electrons. The molecule has 1 aliphatic carbocycles. The third kappa shape index (κ3) is 2.84. The maximum absolute atomic E-state index is 6.05. The van der Waals surface area contributed by atoms with Crippen molar-refractivity contribution in [2.24, 2.45) is 11.1 Å². The molecule has 0 amide bonds. The van der Waals surface area contributed by atoms with Crippen LogP contribution < -0.4 is 15.8 Å². The van der Waals surface area contributed by atoms with Crippen molar-refractivity contribution >= 4 is 17.4 Å². The minimum Gasteiger partial charge on any atom is -0.467 e. The highest BCUT2D eigenvalue weighted by molar-refractivity contribution is 6.32. The first-order chi connectivity index (χ1) is 8.69. The number of methoxy groups -OCH3 is 1. The maximum atomic E-state index is 6.05. The van der Waals surface area contributed by atoms with E-state index in [-0.39, 0.29) is 5.41 Å². The Morgan fingerprint density at radius 1 is 1.50 bits per heavy atom. The lowest BCUT2D eigenvalue weighted by molar-refractivity contribution is 0.331. The molecule has 1 aliphatic rings. The molecule has 1 fully saturated rings. The second-order valence-corrected chi connectivity index (χ2v) is 5.23. The van der Waals surface area contributed by atoms with Crippen molar-refractivity contribution in [3.63, 3.8) is 0 Å². The second-order valence-electron chi connectivity index (χ2n) is 4.82. The Hall–Kier alpha value is -1.07. The van der Waals surface area contributed by atoms with E-state index < -0.39 is 0 Å². The molecular formula is C12H19ClN4O. The second kappa shape index (κ2) is 5.71. The molecule has 5 nitrogen and oxygen atoms in total. The Bertz CT molecular complexity index is 407. The SMILES string of the molecule is COc1ncc(Cl)c(NCC2(CN)CCCC2)n1. The highest BCUT2D eigenvalue weighted by Crippen LogP contribution is 2.37. The lowest BCUT2D eigenvalue weighted by Gasteiger charge is -2.27. The molecule has 0 aromatic carbocycles. The summed E-state index contributed by atoms with van der Waals surface area (Å²) in [5.41, 5.74) is 6.08. The van der Waals surface area contributed by atoms with Gasteiger partial charge in [-0.05, 0) is 24.8 Å². The Balaban J connectivity index is 2.05. The summed E-state index contributed by atoms with van der Waals surface area (Å²) in [6.45, 7) is 1.49. The molecule has 1 aromatic heterocycles. The fraction of sp³-hybridized carbons (Fsp3) is 0.667. The predicted octanol–water partition coefficient (Wildman–Crippen LogP) is 2.07. The molecule has 0 aliphatic heterocycles. The lowest BCUT2D eigenvalue weighted by Crippen LogP contribution is -2.34. The van der Waals surface area contributed by atoms with Crippen molar-refractivity contribution in [2.45, 2.75) is 25.7 Å². The average molecular weight is 271 g/mol. The molecule has 1 aromatic rings. The van der Waals surface area contributed by atoms with Gasteiger partial charge in [0, 0.05) is 6.54 Å². The van der Waals surface area contributed by atoms with Crippen LogP contribution in [0.25, 0.3) is 0 Å². The van der Waals surface area contributed by atoms with E-state index in [1.54, 1.807) is 6.20 Å². The first-order valence-corrected chi connectivity index (χ1v) is 6.57. The van der Waals surface area contributed by atoms with E-state index >= 15 is 0 Å². The molecule has 18 heavy (non-hydrogen) atoms. The van der Waals surface area contributed by atoms with E-state index in [9.17, 15) is 0 Å². The third-order valence-corrected chi connectivity index (χ3v) is 3.91. The molecule has 0 unspecified atom stereocenters. The Morgan fingerprint density at radius 2 is 2.22 bits per heavy atom. The molecule has 6 heteroatoms. The van der Waals surface area contributed by atoms with Crippen molar-refractivity contribution in [2.75, 3.05) is 25.5 Å². The molecule has 0 spiro atoms.